The van der Waals surface area contributed by atoms with Gasteiger partial charge in [-0.3, -0.25) is 4.79 Å². The summed E-state index contributed by atoms with van der Waals surface area (Å²) in [4.78, 5) is 24.2. The number of nitrogens with one attached hydrogen (secondary N) is 3. The fourth-order valence-corrected chi connectivity index (χ4v) is 2.63. The molecule has 0 heterocycles. The third-order valence-electron chi connectivity index (χ3n) is 4.23. The largest absolute Gasteiger partial charge is 0.349 e. The first-order chi connectivity index (χ1) is 12.0. The van der Waals surface area contributed by atoms with Gasteiger partial charge < -0.3 is 16.0 Å². The van der Waals surface area contributed by atoms with Crippen LogP contribution in [0.25, 0.3) is 0 Å². The molecule has 0 aliphatic heterocycles. The predicted molar refractivity (Wildman–Crippen MR) is 98.7 cm³/mol. The van der Waals surface area contributed by atoms with Crippen molar-refractivity contribution in [3.8, 4) is 0 Å². The molecular formula is C20H23N3O2. The summed E-state index contributed by atoms with van der Waals surface area (Å²) in [7, 11) is 0. The van der Waals surface area contributed by atoms with Crippen LogP contribution in [-0.4, -0.2) is 18.0 Å². The maximum atomic E-state index is 12.1. The second-order valence-electron chi connectivity index (χ2n) is 6.57. The van der Waals surface area contributed by atoms with Crippen molar-refractivity contribution in [1.82, 2.24) is 10.6 Å². The van der Waals surface area contributed by atoms with E-state index < -0.39 is 0 Å². The van der Waals surface area contributed by atoms with Crippen LogP contribution in [0.15, 0.2) is 42.5 Å². The number of hydrogen-bond acceptors (Lipinski definition) is 2. The second-order valence-corrected chi connectivity index (χ2v) is 6.57. The highest BCUT2D eigenvalue weighted by Gasteiger charge is 2.23. The number of hydrogen-bond donors (Lipinski definition) is 3. The highest BCUT2D eigenvalue weighted by Crippen LogP contribution is 2.20. The van der Waals surface area contributed by atoms with Gasteiger partial charge >= 0.3 is 6.03 Å². The lowest BCUT2D eigenvalue weighted by atomic mass is 10.1. The molecule has 0 radical (unpaired) electrons. The lowest BCUT2D eigenvalue weighted by molar-refractivity contribution is 0.0951. The molecule has 3 N–H and O–H groups in total. The molecular weight excluding hydrogens is 314 g/mol. The van der Waals surface area contributed by atoms with Gasteiger partial charge in [-0.15, -0.1) is 0 Å². The molecule has 3 rings (SSSR count). The minimum atomic E-state index is -0.292. The molecule has 1 fully saturated rings. The van der Waals surface area contributed by atoms with Gasteiger partial charge in [0.2, 0.25) is 0 Å². The minimum Gasteiger partial charge on any atom is -0.349 e. The number of carbonyl (C=O) groups is 2. The van der Waals surface area contributed by atoms with Crippen LogP contribution in [0.5, 0.6) is 0 Å². The molecule has 0 atom stereocenters. The molecule has 5 heteroatoms. The zero-order valence-electron chi connectivity index (χ0n) is 14.6. The average molecular weight is 337 g/mol. The van der Waals surface area contributed by atoms with Gasteiger partial charge in [-0.05, 0) is 56.0 Å². The molecule has 1 aliphatic rings. The van der Waals surface area contributed by atoms with Gasteiger partial charge in [-0.2, -0.15) is 0 Å². The standard InChI is InChI=1S/C20H23N3O2/c1-13-6-7-16(14(2)10-13)12-21-20(25)23-18-5-3-4-15(11-18)19(24)22-17-8-9-17/h3-7,10-11,17H,8-9,12H2,1-2H3,(H,22,24)(H2,21,23,25). The molecule has 0 spiro atoms. The lowest BCUT2D eigenvalue weighted by Crippen LogP contribution is -2.29. The van der Waals surface area contributed by atoms with Crippen LogP contribution >= 0.6 is 0 Å². The molecule has 0 aromatic heterocycles. The van der Waals surface area contributed by atoms with E-state index in [2.05, 4.69) is 22.0 Å². The van der Waals surface area contributed by atoms with E-state index in [-0.39, 0.29) is 11.9 Å². The van der Waals surface area contributed by atoms with Crippen molar-refractivity contribution in [2.24, 2.45) is 0 Å². The number of amides is 3. The normalized spacial score (nSPS) is 13.2. The van der Waals surface area contributed by atoms with Crippen LogP contribution in [0.2, 0.25) is 0 Å². The Kier molecular flexibility index (Phi) is 5.03. The Morgan fingerprint density at radius 2 is 1.88 bits per heavy atom. The quantitative estimate of drug-likeness (QED) is 0.781. The Labute approximate surface area is 147 Å². The molecule has 5 nitrogen and oxygen atoms in total. The molecule has 3 amide bonds. The van der Waals surface area contributed by atoms with E-state index in [0.717, 1.165) is 24.0 Å². The fraction of sp³-hybridized carbons (Fsp3) is 0.300. The van der Waals surface area contributed by atoms with Gasteiger partial charge in [-0.25, -0.2) is 4.79 Å². The van der Waals surface area contributed by atoms with Gasteiger partial charge in [0.05, 0.1) is 0 Å². The molecule has 0 bridgehead atoms. The number of urea groups is 1. The van der Waals surface area contributed by atoms with E-state index >= 15 is 0 Å². The summed E-state index contributed by atoms with van der Waals surface area (Å²) in [5.74, 6) is -0.0955. The Hall–Kier alpha value is -2.82. The van der Waals surface area contributed by atoms with E-state index in [1.807, 2.05) is 26.0 Å². The first-order valence-corrected chi connectivity index (χ1v) is 8.53. The summed E-state index contributed by atoms with van der Waals surface area (Å²) in [6.45, 7) is 4.53. The third kappa shape index (κ3) is 4.83. The topological polar surface area (TPSA) is 70.2 Å². The fourth-order valence-electron chi connectivity index (χ4n) is 2.63. The van der Waals surface area contributed by atoms with E-state index in [1.165, 1.54) is 5.56 Å². The van der Waals surface area contributed by atoms with Crippen LogP contribution in [0.4, 0.5) is 10.5 Å². The van der Waals surface area contributed by atoms with Crippen molar-refractivity contribution < 1.29 is 9.59 Å². The van der Waals surface area contributed by atoms with Gasteiger partial charge in [0.25, 0.3) is 5.91 Å². The lowest BCUT2D eigenvalue weighted by Gasteiger charge is -2.11. The number of anilines is 1. The maximum Gasteiger partial charge on any atom is 0.319 e. The van der Waals surface area contributed by atoms with E-state index in [0.29, 0.717) is 23.8 Å². The van der Waals surface area contributed by atoms with E-state index in [9.17, 15) is 9.59 Å². The summed E-state index contributed by atoms with van der Waals surface area (Å²) in [6.07, 6.45) is 2.09. The van der Waals surface area contributed by atoms with Crippen LogP contribution in [0, 0.1) is 13.8 Å². The molecule has 2 aromatic carbocycles. The highest BCUT2D eigenvalue weighted by atomic mass is 16.2. The van der Waals surface area contributed by atoms with Gasteiger partial charge in [0, 0.05) is 23.8 Å². The highest BCUT2D eigenvalue weighted by molar-refractivity contribution is 5.97. The molecule has 0 saturated heterocycles. The molecule has 1 aliphatic carbocycles. The monoisotopic (exact) mass is 337 g/mol. The molecule has 0 unspecified atom stereocenters. The number of aryl methyl sites for hydroxylation is 2. The number of carbonyl (C=O) groups excluding carboxylic acids is 2. The Morgan fingerprint density at radius 1 is 1.08 bits per heavy atom. The predicted octanol–water partition coefficient (Wildman–Crippen LogP) is 3.52. The van der Waals surface area contributed by atoms with Crippen LogP contribution in [-0.2, 0) is 6.54 Å². The smallest absolute Gasteiger partial charge is 0.319 e. The Bertz CT molecular complexity index is 797. The summed E-state index contributed by atoms with van der Waals surface area (Å²) in [5, 5.41) is 8.57. The van der Waals surface area contributed by atoms with Crippen molar-refractivity contribution in [2.75, 3.05) is 5.32 Å². The van der Waals surface area contributed by atoms with Crippen molar-refractivity contribution in [3.05, 3.63) is 64.7 Å². The summed E-state index contributed by atoms with van der Waals surface area (Å²) in [5.41, 5.74) is 4.59. The summed E-state index contributed by atoms with van der Waals surface area (Å²) in [6, 6.07) is 13.1. The van der Waals surface area contributed by atoms with E-state index in [1.54, 1.807) is 24.3 Å². The van der Waals surface area contributed by atoms with Crippen molar-refractivity contribution in [3.63, 3.8) is 0 Å². The van der Waals surface area contributed by atoms with Crippen LogP contribution < -0.4 is 16.0 Å². The summed E-state index contributed by atoms with van der Waals surface area (Å²) >= 11 is 0. The first-order valence-electron chi connectivity index (χ1n) is 8.53. The number of rotatable bonds is 5. The second kappa shape index (κ2) is 7.38. The Balaban J connectivity index is 1.56. The zero-order valence-corrected chi connectivity index (χ0v) is 14.6. The molecule has 25 heavy (non-hydrogen) atoms. The van der Waals surface area contributed by atoms with Crippen LogP contribution in [0.1, 0.15) is 39.9 Å². The Morgan fingerprint density at radius 3 is 2.60 bits per heavy atom. The van der Waals surface area contributed by atoms with Gasteiger partial charge in [0.15, 0.2) is 0 Å². The van der Waals surface area contributed by atoms with Crippen molar-refractivity contribution in [1.29, 1.82) is 0 Å². The molecule has 2 aromatic rings. The minimum absolute atomic E-state index is 0.0955. The average Bonchev–Trinajstić information content (AvgIpc) is 3.38. The van der Waals surface area contributed by atoms with Crippen molar-refractivity contribution >= 4 is 17.6 Å². The molecule has 1 saturated carbocycles. The molecule has 130 valence electrons. The van der Waals surface area contributed by atoms with E-state index in [4.69, 9.17) is 0 Å². The van der Waals surface area contributed by atoms with Gasteiger partial charge in [0.1, 0.15) is 0 Å². The van der Waals surface area contributed by atoms with Crippen molar-refractivity contribution in [2.45, 2.75) is 39.3 Å². The van der Waals surface area contributed by atoms with Crippen LogP contribution in [0.3, 0.4) is 0 Å². The first kappa shape index (κ1) is 17.0. The third-order valence-corrected chi connectivity index (χ3v) is 4.23. The zero-order chi connectivity index (χ0) is 17.8. The summed E-state index contributed by atoms with van der Waals surface area (Å²) < 4.78 is 0. The number of benzene rings is 2. The SMILES string of the molecule is Cc1ccc(CNC(=O)Nc2cccc(C(=O)NC3CC3)c2)c(C)c1. The van der Waals surface area contributed by atoms with Gasteiger partial charge in [-0.1, -0.05) is 29.8 Å². The maximum absolute atomic E-state index is 12.1.